The van der Waals surface area contributed by atoms with Crippen molar-refractivity contribution in [1.29, 1.82) is 0 Å². The number of nitrogens with one attached hydrogen (secondary N) is 1. The van der Waals surface area contributed by atoms with Crippen molar-refractivity contribution in [2.45, 2.75) is 13.1 Å². The summed E-state index contributed by atoms with van der Waals surface area (Å²) >= 11 is 0. The SMILES string of the molecule is COc1cc(CNCc2ccon2)ccc1O. The number of nitrogens with zero attached hydrogens (tertiary/aromatic N) is 1. The van der Waals surface area contributed by atoms with Crippen molar-refractivity contribution in [1.82, 2.24) is 10.5 Å². The van der Waals surface area contributed by atoms with E-state index < -0.39 is 0 Å². The van der Waals surface area contributed by atoms with E-state index in [4.69, 9.17) is 9.26 Å². The summed E-state index contributed by atoms with van der Waals surface area (Å²) < 4.78 is 9.76. The summed E-state index contributed by atoms with van der Waals surface area (Å²) in [7, 11) is 1.53. The largest absolute Gasteiger partial charge is 0.504 e. The van der Waals surface area contributed by atoms with E-state index in [9.17, 15) is 5.11 Å². The Morgan fingerprint density at radius 1 is 1.35 bits per heavy atom. The minimum atomic E-state index is 0.146. The van der Waals surface area contributed by atoms with Crippen molar-refractivity contribution in [2.24, 2.45) is 0 Å². The molecule has 0 unspecified atom stereocenters. The van der Waals surface area contributed by atoms with Crippen LogP contribution in [0, 0.1) is 0 Å². The molecule has 0 aliphatic heterocycles. The predicted molar refractivity (Wildman–Crippen MR) is 61.7 cm³/mol. The molecule has 2 N–H and O–H groups in total. The number of methoxy groups -OCH3 is 1. The highest BCUT2D eigenvalue weighted by molar-refractivity contribution is 5.41. The van der Waals surface area contributed by atoms with Crippen LogP contribution >= 0.6 is 0 Å². The van der Waals surface area contributed by atoms with Crippen LogP contribution in [0.25, 0.3) is 0 Å². The van der Waals surface area contributed by atoms with Crippen LogP contribution in [0.3, 0.4) is 0 Å². The molecule has 90 valence electrons. The summed E-state index contributed by atoms with van der Waals surface area (Å²) in [5.41, 5.74) is 1.89. The van der Waals surface area contributed by atoms with Gasteiger partial charge in [0.1, 0.15) is 6.26 Å². The van der Waals surface area contributed by atoms with Crippen molar-refractivity contribution in [2.75, 3.05) is 7.11 Å². The highest BCUT2D eigenvalue weighted by Gasteiger charge is 2.02. The molecular formula is C12H14N2O3. The van der Waals surface area contributed by atoms with Crippen molar-refractivity contribution in [3.8, 4) is 11.5 Å². The number of benzene rings is 1. The summed E-state index contributed by atoms with van der Waals surface area (Å²) in [6, 6.07) is 7.06. The van der Waals surface area contributed by atoms with Crippen LogP contribution in [0.2, 0.25) is 0 Å². The summed E-state index contributed by atoms with van der Waals surface area (Å²) in [6.07, 6.45) is 1.54. The predicted octanol–water partition coefficient (Wildman–Crippen LogP) is 1.68. The van der Waals surface area contributed by atoms with Gasteiger partial charge in [0.25, 0.3) is 0 Å². The lowest BCUT2D eigenvalue weighted by Crippen LogP contribution is -2.12. The third kappa shape index (κ3) is 2.98. The van der Waals surface area contributed by atoms with E-state index in [-0.39, 0.29) is 5.75 Å². The van der Waals surface area contributed by atoms with Gasteiger partial charge in [-0.15, -0.1) is 0 Å². The average molecular weight is 234 g/mol. The van der Waals surface area contributed by atoms with Gasteiger partial charge >= 0.3 is 0 Å². The van der Waals surface area contributed by atoms with Gasteiger partial charge in [-0.25, -0.2) is 0 Å². The summed E-state index contributed by atoms with van der Waals surface area (Å²) in [5, 5.41) is 16.5. The molecule has 0 aliphatic carbocycles. The number of aromatic hydroxyl groups is 1. The first-order valence-electron chi connectivity index (χ1n) is 5.25. The van der Waals surface area contributed by atoms with Crippen molar-refractivity contribution < 1.29 is 14.4 Å². The molecule has 0 aliphatic rings. The van der Waals surface area contributed by atoms with E-state index in [1.165, 1.54) is 7.11 Å². The highest BCUT2D eigenvalue weighted by Crippen LogP contribution is 2.26. The third-order valence-electron chi connectivity index (χ3n) is 2.37. The van der Waals surface area contributed by atoms with Crippen molar-refractivity contribution >= 4 is 0 Å². The van der Waals surface area contributed by atoms with Gasteiger partial charge in [0, 0.05) is 19.2 Å². The van der Waals surface area contributed by atoms with Gasteiger partial charge < -0.3 is 19.7 Å². The lowest BCUT2D eigenvalue weighted by molar-refractivity contribution is 0.372. The third-order valence-corrected chi connectivity index (χ3v) is 2.37. The second-order valence-electron chi connectivity index (χ2n) is 3.60. The molecule has 2 aromatic rings. The Kier molecular flexibility index (Phi) is 3.62. The number of phenolic OH excluding ortho intramolecular Hbond substituents is 1. The van der Waals surface area contributed by atoms with Gasteiger partial charge in [0.05, 0.1) is 12.8 Å². The summed E-state index contributed by atoms with van der Waals surface area (Å²) in [6.45, 7) is 1.31. The number of aromatic nitrogens is 1. The molecule has 0 bridgehead atoms. The first-order valence-corrected chi connectivity index (χ1v) is 5.25. The Hall–Kier alpha value is -2.01. The second kappa shape index (κ2) is 5.36. The van der Waals surface area contributed by atoms with E-state index in [1.54, 1.807) is 18.4 Å². The van der Waals surface area contributed by atoms with Crippen LogP contribution in [0.4, 0.5) is 0 Å². The molecule has 5 nitrogen and oxygen atoms in total. The monoisotopic (exact) mass is 234 g/mol. The van der Waals surface area contributed by atoms with E-state index in [0.717, 1.165) is 11.3 Å². The maximum Gasteiger partial charge on any atom is 0.160 e. The van der Waals surface area contributed by atoms with Crippen molar-refractivity contribution in [3.63, 3.8) is 0 Å². The lowest BCUT2D eigenvalue weighted by Gasteiger charge is -2.07. The first kappa shape index (κ1) is 11.5. The highest BCUT2D eigenvalue weighted by atomic mass is 16.5. The molecule has 1 aromatic heterocycles. The second-order valence-corrected chi connectivity index (χ2v) is 3.60. The van der Waals surface area contributed by atoms with Gasteiger partial charge in [-0.05, 0) is 17.7 Å². The minimum absolute atomic E-state index is 0.146. The standard InChI is InChI=1S/C12H14N2O3/c1-16-12-6-9(2-3-11(12)15)7-13-8-10-4-5-17-14-10/h2-6,13,15H,7-8H2,1H3. The minimum Gasteiger partial charge on any atom is -0.504 e. The Labute approximate surface area is 99.0 Å². The molecule has 0 saturated carbocycles. The first-order chi connectivity index (χ1) is 8.29. The van der Waals surface area contributed by atoms with Gasteiger partial charge in [-0.3, -0.25) is 0 Å². The fourth-order valence-electron chi connectivity index (χ4n) is 1.50. The number of rotatable bonds is 5. The van der Waals surface area contributed by atoms with Gasteiger partial charge in [0.15, 0.2) is 11.5 Å². The number of hydrogen-bond donors (Lipinski definition) is 2. The van der Waals surface area contributed by atoms with Crippen LogP contribution in [0.5, 0.6) is 11.5 Å². The number of ether oxygens (including phenoxy) is 1. The van der Waals surface area contributed by atoms with Gasteiger partial charge in [-0.1, -0.05) is 11.2 Å². The molecule has 17 heavy (non-hydrogen) atoms. The molecular weight excluding hydrogens is 220 g/mol. The number of phenols is 1. The topological polar surface area (TPSA) is 67.5 Å². The van der Waals surface area contributed by atoms with Crippen LogP contribution in [-0.4, -0.2) is 17.4 Å². The molecule has 0 atom stereocenters. The Bertz CT molecular complexity index is 469. The summed E-state index contributed by atoms with van der Waals surface area (Å²) in [4.78, 5) is 0. The Balaban J connectivity index is 1.90. The zero-order chi connectivity index (χ0) is 12.1. The van der Waals surface area contributed by atoms with Crippen LogP contribution in [-0.2, 0) is 13.1 Å². The zero-order valence-corrected chi connectivity index (χ0v) is 9.51. The van der Waals surface area contributed by atoms with E-state index in [2.05, 4.69) is 10.5 Å². The fourth-order valence-corrected chi connectivity index (χ4v) is 1.50. The Morgan fingerprint density at radius 2 is 2.24 bits per heavy atom. The molecule has 0 amide bonds. The molecule has 0 fully saturated rings. The maximum atomic E-state index is 9.44. The van der Waals surface area contributed by atoms with Crippen molar-refractivity contribution in [3.05, 3.63) is 41.8 Å². The Morgan fingerprint density at radius 3 is 2.94 bits per heavy atom. The quantitative estimate of drug-likeness (QED) is 0.823. The molecule has 1 aromatic carbocycles. The van der Waals surface area contributed by atoms with Gasteiger partial charge in [-0.2, -0.15) is 0 Å². The van der Waals surface area contributed by atoms with Gasteiger partial charge in [0.2, 0.25) is 0 Å². The van der Waals surface area contributed by atoms with Crippen LogP contribution in [0.1, 0.15) is 11.3 Å². The van der Waals surface area contributed by atoms with E-state index in [0.29, 0.717) is 18.8 Å². The van der Waals surface area contributed by atoms with E-state index in [1.807, 2.05) is 12.1 Å². The summed E-state index contributed by atoms with van der Waals surface area (Å²) in [5.74, 6) is 0.624. The molecule has 0 spiro atoms. The smallest absolute Gasteiger partial charge is 0.160 e. The molecule has 0 saturated heterocycles. The lowest BCUT2D eigenvalue weighted by atomic mass is 10.2. The van der Waals surface area contributed by atoms with Crippen LogP contribution < -0.4 is 10.1 Å². The average Bonchev–Trinajstić information content (AvgIpc) is 2.84. The fraction of sp³-hybridized carbons (Fsp3) is 0.250. The maximum absolute atomic E-state index is 9.44. The van der Waals surface area contributed by atoms with E-state index >= 15 is 0 Å². The normalized spacial score (nSPS) is 10.4. The number of hydrogen-bond acceptors (Lipinski definition) is 5. The molecule has 0 radical (unpaired) electrons. The molecule has 1 heterocycles. The molecule has 5 heteroatoms. The zero-order valence-electron chi connectivity index (χ0n) is 9.51. The van der Waals surface area contributed by atoms with Crippen LogP contribution in [0.15, 0.2) is 35.1 Å². The molecule has 2 rings (SSSR count).